The number of nitrogens with zero attached hydrogens (tertiary/aromatic N) is 2. The maximum absolute atomic E-state index is 9.08. The third kappa shape index (κ3) is 3.39. The van der Waals surface area contributed by atoms with E-state index in [-0.39, 0.29) is 5.41 Å². The molecule has 3 heteroatoms. The first-order chi connectivity index (χ1) is 9.57. The highest BCUT2D eigenvalue weighted by atomic mass is 15.2. The minimum atomic E-state index is -0.216. The van der Waals surface area contributed by atoms with E-state index in [1.165, 1.54) is 11.1 Å². The standard InChI is InChI=1S/C17H25N3/c1-17(2,13-19)9-5-10-20-11-8-14-6-3-4-7-15(14)16(20)12-18/h3-4,6-7,16H,5,8-12,18H2,1-2H3. The van der Waals surface area contributed by atoms with E-state index in [9.17, 15) is 0 Å². The number of hydrogen-bond acceptors (Lipinski definition) is 3. The van der Waals surface area contributed by atoms with Gasteiger partial charge in [0, 0.05) is 19.1 Å². The molecule has 1 aromatic rings. The second-order valence-corrected chi connectivity index (χ2v) is 6.34. The predicted octanol–water partition coefficient (Wildman–Crippen LogP) is 2.87. The molecule has 0 bridgehead atoms. The molecule has 0 radical (unpaired) electrons. The molecule has 2 N–H and O–H groups in total. The zero-order valence-corrected chi connectivity index (χ0v) is 12.6. The van der Waals surface area contributed by atoms with Crippen LogP contribution in [0.15, 0.2) is 24.3 Å². The first-order valence-corrected chi connectivity index (χ1v) is 7.50. The van der Waals surface area contributed by atoms with Gasteiger partial charge in [-0.15, -0.1) is 0 Å². The molecule has 1 aromatic carbocycles. The van der Waals surface area contributed by atoms with Gasteiger partial charge in [0.05, 0.1) is 11.5 Å². The number of nitriles is 1. The molecule has 0 amide bonds. The number of hydrogen-bond donors (Lipinski definition) is 1. The molecule has 2 rings (SSSR count). The lowest BCUT2D eigenvalue weighted by atomic mass is 9.88. The number of fused-ring (bicyclic) bond motifs is 1. The van der Waals surface area contributed by atoms with E-state index in [4.69, 9.17) is 11.0 Å². The molecule has 1 heterocycles. The fraction of sp³-hybridized carbons (Fsp3) is 0.588. The van der Waals surface area contributed by atoms with Crippen molar-refractivity contribution in [3.63, 3.8) is 0 Å². The van der Waals surface area contributed by atoms with Gasteiger partial charge in [-0.2, -0.15) is 5.26 Å². The molecule has 0 fully saturated rings. The largest absolute Gasteiger partial charge is 0.329 e. The minimum Gasteiger partial charge on any atom is -0.329 e. The summed E-state index contributed by atoms with van der Waals surface area (Å²) in [5, 5.41) is 9.08. The van der Waals surface area contributed by atoms with Gasteiger partial charge >= 0.3 is 0 Å². The molecular formula is C17H25N3. The Morgan fingerprint density at radius 3 is 2.85 bits per heavy atom. The molecule has 0 spiro atoms. The smallest absolute Gasteiger partial charge is 0.0683 e. The van der Waals surface area contributed by atoms with Crippen molar-refractivity contribution in [2.75, 3.05) is 19.6 Å². The zero-order valence-electron chi connectivity index (χ0n) is 12.6. The highest BCUT2D eigenvalue weighted by molar-refractivity contribution is 5.32. The average molecular weight is 271 g/mol. The van der Waals surface area contributed by atoms with Crippen molar-refractivity contribution in [1.82, 2.24) is 4.90 Å². The van der Waals surface area contributed by atoms with Crippen molar-refractivity contribution < 1.29 is 0 Å². The van der Waals surface area contributed by atoms with E-state index in [2.05, 4.69) is 35.2 Å². The Kier molecular flexibility index (Phi) is 4.80. The van der Waals surface area contributed by atoms with Gasteiger partial charge in [-0.05, 0) is 50.8 Å². The minimum absolute atomic E-state index is 0.216. The molecule has 0 aromatic heterocycles. The molecule has 3 nitrogen and oxygen atoms in total. The lowest BCUT2D eigenvalue weighted by Crippen LogP contribution is -2.40. The van der Waals surface area contributed by atoms with Gasteiger partial charge in [0.25, 0.3) is 0 Å². The van der Waals surface area contributed by atoms with Crippen LogP contribution in [0.4, 0.5) is 0 Å². The summed E-state index contributed by atoms with van der Waals surface area (Å²) in [6.07, 6.45) is 3.10. The van der Waals surface area contributed by atoms with Gasteiger partial charge in [-0.25, -0.2) is 0 Å². The van der Waals surface area contributed by atoms with Crippen molar-refractivity contribution >= 4 is 0 Å². The van der Waals surface area contributed by atoms with Crippen LogP contribution in [0, 0.1) is 16.7 Å². The number of rotatable bonds is 5. The summed E-state index contributed by atoms with van der Waals surface area (Å²) in [5.74, 6) is 0. The maximum Gasteiger partial charge on any atom is 0.0683 e. The predicted molar refractivity (Wildman–Crippen MR) is 82.1 cm³/mol. The second-order valence-electron chi connectivity index (χ2n) is 6.34. The van der Waals surface area contributed by atoms with E-state index in [0.29, 0.717) is 12.6 Å². The Hall–Kier alpha value is -1.37. The van der Waals surface area contributed by atoms with Crippen molar-refractivity contribution in [1.29, 1.82) is 5.26 Å². The van der Waals surface area contributed by atoms with Crippen LogP contribution in [0.1, 0.15) is 43.9 Å². The summed E-state index contributed by atoms with van der Waals surface area (Å²) in [7, 11) is 0. The van der Waals surface area contributed by atoms with Gasteiger partial charge < -0.3 is 5.73 Å². The molecule has 0 saturated heterocycles. The Morgan fingerprint density at radius 2 is 2.15 bits per heavy atom. The van der Waals surface area contributed by atoms with Gasteiger partial charge in [-0.3, -0.25) is 4.90 Å². The van der Waals surface area contributed by atoms with Crippen LogP contribution in [0.5, 0.6) is 0 Å². The Balaban J connectivity index is 1.99. The summed E-state index contributed by atoms with van der Waals surface area (Å²) < 4.78 is 0. The molecular weight excluding hydrogens is 246 g/mol. The molecule has 20 heavy (non-hydrogen) atoms. The highest BCUT2D eigenvalue weighted by Gasteiger charge is 2.26. The van der Waals surface area contributed by atoms with Crippen molar-refractivity contribution in [3.8, 4) is 6.07 Å². The van der Waals surface area contributed by atoms with Crippen LogP contribution in [0.3, 0.4) is 0 Å². The summed E-state index contributed by atoms with van der Waals surface area (Å²) in [4.78, 5) is 2.48. The summed E-state index contributed by atoms with van der Waals surface area (Å²) in [6.45, 7) is 6.80. The summed E-state index contributed by atoms with van der Waals surface area (Å²) in [5.41, 5.74) is 8.61. The van der Waals surface area contributed by atoms with Gasteiger partial charge in [0.15, 0.2) is 0 Å². The quantitative estimate of drug-likeness (QED) is 0.896. The maximum atomic E-state index is 9.08. The highest BCUT2D eigenvalue weighted by Crippen LogP contribution is 2.30. The average Bonchev–Trinajstić information content (AvgIpc) is 2.46. The Labute approximate surface area is 122 Å². The van der Waals surface area contributed by atoms with E-state index in [0.717, 1.165) is 32.4 Å². The molecule has 108 valence electrons. The van der Waals surface area contributed by atoms with Crippen molar-refractivity contribution in [3.05, 3.63) is 35.4 Å². The van der Waals surface area contributed by atoms with E-state index >= 15 is 0 Å². The molecule has 1 aliphatic heterocycles. The van der Waals surface area contributed by atoms with Crippen molar-refractivity contribution in [2.45, 2.75) is 39.2 Å². The Morgan fingerprint density at radius 1 is 1.40 bits per heavy atom. The van der Waals surface area contributed by atoms with Crippen LogP contribution in [0.2, 0.25) is 0 Å². The topological polar surface area (TPSA) is 53.0 Å². The molecule has 1 unspecified atom stereocenters. The van der Waals surface area contributed by atoms with E-state index in [1.807, 2.05) is 13.8 Å². The summed E-state index contributed by atoms with van der Waals surface area (Å²) in [6, 6.07) is 11.3. The van der Waals surface area contributed by atoms with Gasteiger partial charge in [-0.1, -0.05) is 24.3 Å². The molecule has 0 aliphatic carbocycles. The van der Waals surface area contributed by atoms with Crippen LogP contribution < -0.4 is 5.73 Å². The van der Waals surface area contributed by atoms with Gasteiger partial charge in [0.2, 0.25) is 0 Å². The van der Waals surface area contributed by atoms with Crippen LogP contribution >= 0.6 is 0 Å². The zero-order chi connectivity index (χ0) is 14.6. The lowest BCUT2D eigenvalue weighted by Gasteiger charge is -2.37. The third-order valence-electron chi connectivity index (χ3n) is 4.30. The van der Waals surface area contributed by atoms with E-state index in [1.54, 1.807) is 0 Å². The fourth-order valence-electron chi connectivity index (χ4n) is 3.03. The molecule has 0 saturated carbocycles. The van der Waals surface area contributed by atoms with Gasteiger partial charge in [0.1, 0.15) is 0 Å². The van der Waals surface area contributed by atoms with Crippen molar-refractivity contribution in [2.24, 2.45) is 11.1 Å². The molecule has 1 aliphatic rings. The second kappa shape index (κ2) is 6.39. The van der Waals surface area contributed by atoms with Crippen LogP contribution in [-0.4, -0.2) is 24.5 Å². The third-order valence-corrected chi connectivity index (χ3v) is 4.30. The number of benzene rings is 1. The first-order valence-electron chi connectivity index (χ1n) is 7.50. The Bertz CT molecular complexity index is 487. The SMILES string of the molecule is CC(C)(C#N)CCCN1CCc2ccccc2C1CN. The fourth-order valence-corrected chi connectivity index (χ4v) is 3.03. The number of nitrogens with two attached hydrogens (primary N) is 1. The lowest BCUT2D eigenvalue weighted by molar-refractivity contribution is 0.180. The monoisotopic (exact) mass is 271 g/mol. The van der Waals surface area contributed by atoms with Crippen LogP contribution in [-0.2, 0) is 6.42 Å². The van der Waals surface area contributed by atoms with Crippen LogP contribution in [0.25, 0.3) is 0 Å². The summed E-state index contributed by atoms with van der Waals surface area (Å²) >= 11 is 0. The normalized spacial score (nSPS) is 19.4. The first kappa shape index (κ1) is 15.0. The molecule has 1 atom stereocenters. The van der Waals surface area contributed by atoms with E-state index < -0.39 is 0 Å².